The van der Waals surface area contributed by atoms with E-state index in [1.54, 1.807) is 4.90 Å². The lowest BCUT2D eigenvalue weighted by Crippen LogP contribution is -2.55. The third-order valence-corrected chi connectivity index (χ3v) is 7.16. The van der Waals surface area contributed by atoms with Gasteiger partial charge in [0.2, 0.25) is 5.91 Å². The van der Waals surface area contributed by atoms with Crippen molar-refractivity contribution in [1.29, 1.82) is 0 Å². The molecule has 2 aliphatic heterocycles. The maximum atomic E-state index is 12.9. The summed E-state index contributed by atoms with van der Waals surface area (Å²) in [6.45, 7) is 2.42. The predicted molar refractivity (Wildman–Crippen MR) is 83.6 cm³/mol. The van der Waals surface area contributed by atoms with Crippen LogP contribution in [0, 0.1) is 23.2 Å². The zero-order valence-electron chi connectivity index (χ0n) is 13.7. The summed E-state index contributed by atoms with van der Waals surface area (Å²) in [6.07, 6.45) is 8.68. The van der Waals surface area contributed by atoms with E-state index in [-0.39, 0.29) is 12.1 Å². The van der Waals surface area contributed by atoms with Gasteiger partial charge >= 0.3 is 6.09 Å². The standard InChI is InChI=1S/C18H26N2O3/c21-16(19-1-2-20-15(10-19)11-23-17(20)22)9-18-6-12-3-13(7-18)5-14(4-12)8-18/h12-15H,1-11H2. The van der Waals surface area contributed by atoms with Gasteiger partial charge in [0.1, 0.15) is 6.61 Å². The van der Waals surface area contributed by atoms with Crippen molar-refractivity contribution in [2.45, 2.75) is 51.0 Å². The number of nitrogens with zero attached hydrogens (tertiary/aromatic N) is 2. The molecule has 23 heavy (non-hydrogen) atoms. The van der Waals surface area contributed by atoms with E-state index in [0.29, 0.717) is 37.6 Å². The fraction of sp³-hybridized carbons (Fsp3) is 0.889. The van der Waals surface area contributed by atoms with Gasteiger partial charge in [0.15, 0.2) is 0 Å². The summed E-state index contributed by atoms with van der Waals surface area (Å²) in [5.74, 6) is 3.01. The number of carbonyl (C=O) groups is 2. The van der Waals surface area contributed by atoms with Crippen LogP contribution in [0.25, 0.3) is 0 Å². The van der Waals surface area contributed by atoms with Crippen molar-refractivity contribution in [3.63, 3.8) is 0 Å². The minimum atomic E-state index is -0.205. The first-order valence-electron chi connectivity index (χ1n) is 9.31. The molecule has 1 unspecified atom stereocenters. The molecule has 2 heterocycles. The first-order chi connectivity index (χ1) is 11.1. The fourth-order valence-electron chi connectivity index (χ4n) is 6.65. The molecular formula is C18H26N2O3. The van der Waals surface area contributed by atoms with Crippen molar-refractivity contribution in [2.75, 3.05) is 26.2 Å². The summed E-state index contributed by atoms with van der Waals surface area (Å²) in [6, 6.07) is 0.0802. The summed E-state index contributed by atoms with van der Waals surface area (Å²) in [7, 11) is 0. The molecule has 1 atom stereocenters. The second kappa shape index (κ2) is 4.87. The van der Waals surface area contributed by atoms with Gasteiger partial charge in [0, 0.05) is 26.1 Å². The highest BCUT2D eigenvalue weighted by Gasteiger charge is 2.52. The van der Waals surface area contributed by atoms with E-state index in [2.05, 4.69) is 0 Å². The monoisotopic (exact) mass is 318 g/mol. The molecule has 0 aromatic rings. The van der Waals surface area contributed by atoms with Crippen LogP contribution in [0.4, 0.5) is 4.79 Å². The van der Waals surface area contributed by atoms with Gasteiger partial charge in [-0.25, -0.2) is 4.79 Å². The summed E-state index contributed by atoms with van der Waals surface area (Å²) in [5, 5.41) is 0. The Balaban J connectivity index is 1.26. The van der Waals surface area contributed by atoms with Crippen LogP contribution in [-0.4, -0.2) is 54.1 Å². The Morgan fingerprint density at radius 1 is 1.09 bits per heavy atom. The van der Waals surface area contributed by atoms with Crippen LogP contribution < -0.4 is 0 Å². The third kappa shape index (κ3) is 2.26. The highest BCUT2D eigenvalue weighted by Crippen LogP contribution is 2.61. The van der Waals surface area contributed by atoms with Crippen molar-refractivity contribution in [3.8, 4) is 0 Å². The predicted octanol–water partition coefficient (Wildman–Crippen LogP) is 2.26. The van der Waals surface area contributed by atoms with E-state index in [1.165, 1.54) is 38.5 Å². The smallest absolute Gasteiger partial charge is 0.410 e. The average Bonchev–Trinajstić information content (AvgIpc) is 2.86. The van der Waals surface area contributed by atoms with Crippen LogP contribution in [0.3, 0.4) is 0 Å². The van der Waals surface area contributed by atoms with Gasteiger partial charge < -0.3 is 9.64 Å². The molecule has 0 aromatic carbocycles. The molecule has 4 saturated carbocycles. The number of ether oxygens (including phenoxy) is 1. The lowest BCUT2D eigenvalue weighted by molar-refractivity contribution is -0.141. The van der Waals surface area contributed by atoms with Crippen molar-refractivity contribution < 1.29 is 14.3 Å². The highest BCUT2D eigenvalue weighted by molar-refractivity contribution is 5.78. The summed E-state index contributed by atoms with van der Waals surface area (Å²) >= 11 is 0. The van der Waals surface area contributed by atoms with Crippen LogP contribution in [0.1, 0.15) is 44.9 Å². The Bertz CT molecular complexity index is 511. The second-order valence-corrected chi connectivity index (χ2v) is 8.86. The van der Waals surface area contributed by atoms with Crippen molar-refractivity contribution in [2.24, 2.45) is 23.2 Å². The average molecular weight is 318 g/mol. The molecule has 2 saturated heterocycles. The number of cyclic esters (lactones) is 1. The maximum absolute atomic E-state index is 12.9. The number of fused-ring (bicyclic) bond motifs is 1. The van der Waals surface area contributed by atoms with E-state index in [0.717, 1.165) is 24.2 Å². The van der Waals surface area contributed by atoms with Crippen LogP contribution in [-0.2, 0) is 9.53 Å². The topological polar surface area (TPSA) is 49.9 Å². The number of amides is 2. The van der Waals surface area contributed by atoms with Crippen LogP contribution in [0.15, 0.2) is 0 Å². The van der Waals surface area contributed by atoms with Gasteiger partial charge in [-0.1, -0.05) is 0 Å². The van der Waals surface area contributed by atoms with E-state index in [4.69, 9.17) is 4.74 Å². The van der Waals surface area contributed by atoms with E-state index in [1.807, 2.05) is 4.90 Å². The number of carbonyl (C=O) groups excluding carboxylic acids is 2. The van der Waals surface area contributed by atoms with E-state index < -0.39 is 0 Å². The quantitative estimate of drug-likeness (QED) is 0.785. The van der Waals surface area contributed by atoms with Gasteiger partial charge in [-0.05, 0) is 61.7 Å². The molecule has 0 N–H and O–H groups in total. The third-order valence-electron chi connectivity index (χ3n) is 7.16. The molecule has 6 aliphatic rings. The first-order valence-corrected chi connectivity index (χ1v) is 9.31. The van der Waals surface area contributed by atoms with Crippen LogP contribution in [0.5, 0.6) is 0 Å². The molecule has 5 nitrogen and oxygen atoms in total. The van der Waals surface area contributed by atoms with Gasteiger partial charge in [-0.2, -0.15) is 0 Å². The second-order valence-electron chi connectivity index (χ2n) is 8.86. The Kier molecular flexibility index (Phi) is 2.99. The van der Waals surface area contributed by atoms with Crippen LogP contribution in [0.2, 0.25) is 0 Å². The molecule has 6 fully saturated rings. The Labute approximate surface area is 137 Å². The van der Waals surface area contributed by atoms with Crippen molar-refractivity contribution in [1.82, 2.24) is 9.80 Å². The lowest BCUT2D eigenvalue weighted by atomic mass is 9.49. The molecular weight excluding hydrogens is 292 g/mol. The summed E-state index contributed by atoms with van der Waals surface area (Å²) < 4.78 is 5.11. The van der Waals surface area contributed by atoms with E-state index in [9.17, 15) is 9.59 Å². The fourth-order valence-corrected chi connectivity index (χ4v) is 6.65. The summed E-state index contributed by atoms with van der Waals surface area (Å²) in [5.41, 5.74) is 0.310. The number of hydrogen-bond acceptors (Lipinski definition) is 3. The molecule has 5 heteroatoms. The van der Waals surface area contributed by atoms with Gasteiger partial charge in [-0.3, -0.25) is 9.69 Å². The SMILES string of the molecule is O=C(CC12CC3CC(CC(C3)C1)C2)N1CCN2C(=O)OCC2C1. The largest absolute Gasteiger partial charge is 0.447 e. The van der Waals surface area contributed by atoms with E-state index >= 15 is 0 Å². The van der Waals surface area contributed by atoms with Crippen molar-refractivity contribution in [3.05, 3.63) is 0 Å². The molecule has 0 radical (unpaired) electrons. The lowest BCUT2D eigenvalue weighted by Gasteiger charge is -2.57. The minimum Gasteiger partial charge on any atom is -0.447 e. The molecule has 6 rings (SSSR count). The molecule has 4 aliphatic carbocycles. The molecule has 126 valence electrons. The molecule has 0 spiro atoms. The normalized spacial score (nSPS) is 44.4. The number of rotatable bonds is 2. The molecule has 2 amide bonds. The van der Waals surface area contributed by atoms with Crippen molar-refractivity contribution >= 4 is 12.0 Å². The molecule has 0 aromatic heterocycles. The Hall–Kier alpha value is -1.26. The molecule has 4 bridgehead atoms. The van der Waals surface area contributed by atoms with Crippen LogP contribution >= 0.6 is 0 Å². The zero-order chi connectivity index (χ0) is 15.6. The van der Waals surface area contributed by atoms with Gasteiger partial charge in [0.25, 0.3) is 0 Å². The number of piperazine rings is 1. The Morgan fingerprint density at radius 3 is 2.39 bits per heavy atom. The van der Waals surface area contributed by atoms with Gasteiger partial charge in [0.05, 0.1) is 6.04 Å². The highest BCUT2D eigenvalue weighted by atomic mass is 16.6. The maximum Gasteiger partial charge on any atom is 0.410 e. The van der Waals surface area contributed by atoms with Gasteiger partial charge in [-0.15, -0.1) is 0 Å². The number of hydrogen-bond donors (Lipinski definition) is 0. The summed E-state index contributed by atoms with van der Waals surface area (Å²) in [4.78, 5) is 28.3. The minimum absolute atomic E-state index is 0.0802. The Morgan fingerprint density at radius 2 is 1.74 bits per heavy atom. The zero-order valence-corrected chi connectivity index (χ0v) is 13.7. The first kappa shape index (κ1) is 14.1.